The van der Waals surface area contributed by atoms with Crippen molar-refractivity contribution in [2.45, 2.75) is 45.1 Å². The Balaban J connectivity index is 2.14. The predicted molar refractivity (Wildman–Crippen MR) is 71.3 cm³/mol. The highest BCUT2D eigenvalue weighted by molar-refractivity contribution is 5.31. The van der Waals surface area contributed by atoms with E-state index in [4.69, 9.17) is 5.73 Å². The molecule has 4 heteroatoms. The van der Waals surface area contributed by atoms with Crippen LogP contribution in [-0.4, -0.2) is 29.2 Å². The monoisotopic (exact) mass is 236 g/mol. The molecule has 0 saturated heterocycles. The first-order chi connectivity index (χ1) is 8.36. The molecule has 1 heterocycles. The number of nitrogens with zero attached hydrogens (tertiary/aromatic N) is 3. The number of anilines is 1. The molecule has 0 radical (unpaired) electrons. The Bertz CT molecular complexity index is 309. The van der Waals surface area contributed by atoms with Crippen LogP contribution in [0.4, 0.5) is 5.95 Å². The maximum Gasteiger partial charge on any atom is 0.205 e. The van der Waals surface area contributed by atoms with Crippen LogP contribution in [0.2, 0.25) is 0 Å². The van der Waals surface area contributed by atoms with Gasteiger partial charge < -0.3 is 15.2 Å². The lowest BCUT2D eigenvalue weighted by molar-refractivity contribution is 0.353. The van der Waals surface area contributed by atoms with Crippen LogP contribution in [0, 0.1) is 0 Å². The van der Waals surface area contributed by atoms with Gasteiger partial charge in [-0.05, 0) is 19.8 Å². The van der Waals surface area contributed by atoms with Crippen LogP contribution in [-0.2, 0) is 0 Å². The maximum atomic E-state index is 5.66. The molecule has 0 spiro atoms. The molecular formula is C13H24N4. The Morgan fingerprint density at radius 2 is 2.18 bits per heavy atom. The molecule has 0 aromatic carbocycles. The molecule has 1 saturated carbocycles. The quantitative estimate of drug-likeness (QED) is 0.852. The van der Waals surface area contributed by atoms with Crippen molar-refractivity contribution < 1.29 is 0 Å². The van der Waals surface area contributed by atoms with Crippen molar-refractivity contribution >= 4 is 5.95 Å². The zero-order valence-electron chi connectivity index (χ0n) is 10.8. The van der Waals surface area contributed by atoms with Gasteiger partial charge in [-0.15, -0.1) is 0 Å². The van der Waals surface area contributed by atoms with E-state index >= 15 is 0 Å². The molecule has 1 aliphatic carbocycles. The summed E-state index contributed by atoms with van der Waals surface area (Å²) in [6, 6.07) is 0.646. The van der Waals surface area contributed by atoms with E-state index in [1.807, 2.05) is 6.20 Å². The summed E-state index contributed by atoms with van der Waals surface area (Å²) < 4.78 is 2.36. The van der Waals surface area contributed by atoms with Gasteiger partial charge >= 0.3 is 0 Å². The van der Waals surface area contributed by atoms with E-state index in [0.717, 1.165) is 19.0 Å². The summed E-state index contributed by atoms with van der Waals surface area (Å²) in [5.74, 6) is 1.10. The topological polar surface area (TPSA) is 47.1 Å². The van der Waals surface area contributed by atoms with Crippen molar-refractivity contribution in [1.29, 1.82) is 0 Å². The highest BCUT2D eigenvalue weighted by atomic mass is 15.3. The van der Waals surface area contributed by atoms with Gasteiger partial charge in [0, 0.05) is 38.1 Å². The van der Waals surface area contributed by atoms with Crippen molar-refractivity contribution in [2.24, 2.45) is 5.73 Å². The predicted octanol–water partition coefficient (Wildman–Crippen LogP) is 2.17. The summed E-state index contributed by atoms with van der Waals surface area (Å²) >= 11 is 0. The van der Waals surface area contributed by atoms with Gasteiger partial charge in [0.1, 0.15) is 0 Å². The van der Waals surface area contributed by atoms with Crippen molar-refractivity contribution in [3.05, 3.63) is 12.4 Å². The van der Waals surface area contributed by atoms with Gasteiger partial charge in [-0.25, -0.2) is 4.98 Å². The average molecular weight is 236 g/mol. The first-order valence-corrected chi connectivity index (χ1v) is 6.84. The fourth-order valence-corrected chi connectivity index (χ4v) is 2.75. The van der Waals surface area contributed by atoms with Gasteiger partial charge in [-0.1, -0.05) is 19.3 Å². The molecule has 0 unspecified atom stereocenters. The fourth-order valence-electron chi connectivity index (χ4n) is 2.75. The van der Waals surface area contributed by atoms with Crippen molar-refractivity contribution in [3.8, 4) is 0 Å². The minimum absolute atomic E-state index is 0.646. The molecular weight excluding hydrogens is 212 g/mol. The van der Waals surface area contributed by atoms with E-state index in [2.05, 4.69) is 27.6 Å². The molecule has 2 rings (SSSR count). The van der Waals surface area contributed by atoms with E-state index in [-0.39, 0.29) is 0 Å². The second kappa shape index (κ2) is 6.05. The van der Waals surface area contributed by atoms with Crippen LogP contribution in [0.25, 0.3) is 0 Å². The Hall–Kier alpha value is -1.03. The summed E-state index contributed by atoms with van der Waals surface area (Å²) in [6.07, 6.45) is 10.7. The number of imidazole rings is 1. The van der Waals surface area contributed by atoms with E-state index in [1.54, 1.807) is 0 Å². The second-order valence-electron chi connectivity index (χ2n) is 4.79. The summed E-state index contributed by atoms with van der Waals surface area (Å²) in [5.41, 5.74) is 5.66. The molecule has 1 aromatic heterocycles. The Morgan fingerprint density at radius 1 is 1.41 bits per heavy atom. The van der Waals surface area contributed by atoms with Crippen LogP contribution < -0.4 is 10.6 Å². The van der Waals surface area contributed by atoms with E-state index in [0.29, 0.717) is 12.6 Å². The lowest BCUT2D eigenvalue weighted by Crippen LogP contribution is -2.32. The van der Waals surface area contributed by atoms with Gasteiger partial charge in [0.05, 0.1) is 0 Å². The first kappa shape index (κ1) is 12.4. The van der Waals surface area contributed by atoms with Crippen molar-refractivity contribution in [3.63, 3.8) is 0 Å². The Labute approximate surface area is 104 Å². The maximum absolute atomic E-state index is 5.66. The number of hydrogen-bond donors (Lipinski definition) is 1. The highest BCUT2D eigenvalue weighted by Gasteiger charge is 2.19. The van der Waals surface area contributed by atoms with E-state index < -0.39 is 0 Å². The van der Waals surface area contributed by atoms with Gasteiger partial charge in [0.2, 0.25) is 5.95 Å². The zero-order valence-corrected chi connectivity index (χ0v) is 10.8. The summed E-state index contributed by atoms with van der Waals surface area (Å²) in [4.78, 5) is 6.79. The third-order valence-corrected chi connectivity index (χ3v) is 3.68. The highest BCUT2D eigenvalue weighted by Crippen LogP contribution is 2.31. The first-order valence-electron chi connectivity index (χ1n) is 6.84. The van der Waals surface area contributed by atoms with Crippen molar-refractivity contribution in [1.82, 2.24) is 9.55 Å². The number of rotatable bonds is 5. The molecule has 1 fully saturated rings. The largest absolute Gasteiger partial charge is 0.341 e. The van der Waals surface area contributed by atoms with Gasteiger partial charge in [-0.2, -0.15) is 0 Å². The van der Waals surface area contributed by atoms with Gasteiger partial charge in [0.15, 0.2) is 0 Å². The standard InChI is InChI=1S/C13H24N4/c1-2-16(10-8-14)13-15-9-11-17(13)12-6-4-3-5-7-12/h9,11-12H,2-8,10,14H2,1H3. The molecule has 0 bridgehead atoms. The molecule has 0 amide bonds. The summed E-state index contributed by atoms with van der Waals surface area (Å²) in [7, 11) is 0. The minimum Gasteiger partial charge on any atom is -0.341 e. The van der Waals surface area contributed by atoms with Crippen LogP contribution in [0.5, 0.6) is 0 Å². The van der Waals surface area contributed by atoms with Gasteiger partial charge in [-0.3, -0.25) is 0 Å². The van der Waals surface area contributed by atoms with Crippen molar-refractivity contribution in [2.75, 3.05) is 24.5 Å². The number of likely N-dealkylation sites (N-methyl/N-ethyl adjacent to an activating group) is 1. The second-order valence-corrected chi connectivity index (χ2v) is 4.79. The SMILES string of the molecule is CCN(CCN)c1nccn1C1CCCCC1. The van der Waals surface area contributed by atoms with Crippen LogP contribution >= 0.6 is 0 Å². The average Bonchev–Trinajstić information content (AvgIpc) is 2.86. The molecule has 1 aliphatic rings. The number of hydrogen-bond acceptors (Lipinski definition) is 3. The van der Waals surface area contributed by atoms with E-state index in [9.17, 15) is 0 Å². The molecule has 1 aromatic rings. The molecule has 96 valence electrons. The third kappa shape index (κ3) is 2.80. The Kier molecular flexibility index (Phi) is 4.42. The lowest BCUT2D eigenvalue weighted by Gasteiger charge is -2.29. The zero-order chi connectivity index (χ0) is 12.1. The minimum atomic E-state index is 0.646. The number of nitrogens with two attached hydrogens (primary N) is 1. The van der Waals surface area contributed by atoms with Crippen LogP contribution in [0.3, 0.4) is 0 Å². The fraction of sp³-hybridized carbons (Fsp3) is 0.769. The summed E-state index contributed by atoms with van der Waals surface area (Å²) in [5, 5.41) is 0. The van der Waals surface area contributed by atoms with Gasteiger partial charge in [0.25, 0.3) is 0 Å². The van der Waals surface area contributed by atoms with Crippen LogP contribution in [0.1, 0.15) is 45.1 Å². The van der Waals surface area contributed by atoms with Crippen LogP contribution in [0.15, 0.2) is 12.4 Å². The summed E-state index contributed by atoms with van der Waals surface area (Å²) in [6.45, 7) is 4.71. The molecule has 4 nitrogen and oxygen atoms in total. The van der Waals surface area contributed by atoms with E-state index in [1.165, 1.54) is 32.1 Å². The lowest BCUT2D eigenvalue weighted by atomic mass is 9.95. The molecule has 17 heavy (non-hydrogen) atoms. The molecule has 2 N–H and O–H groups in total. The third-order valence-electron chi connectivity index (χ3n) is 3.68. The normalized spacial score (nSPS) is 17.3. The Morgan fingerprint density at radius 3 is 2.82 bits per heavy atom. The molecule has 0 aliphatic heterocycles. The smallest absolute Gasteiger partial charge is 0.205 e. The number of aromatic nitrogens is 2. The molecule has 0 atom stereocenters.